The molecule has 1 aliphatic heterocycles. The van der Waals surface area contributed by atoms with Gasteiger partial charge in [-0.1, -0.05) is 12.1 Å². The quantitative estimate of drug-likeness (QED) is 0.214. The second-order valence-corrected chi connectivity index (χ2v) is 11.4. The number of nitrogens with one attached hydrogen (secondary N) is 3. The van der Waals surface area contributed by atoms with E-state index in [2.05, 4.69) is 25.3 Å². The lowest BCUT2D eigenvalue weighted by Crippen LogP contribution is -2.38. The van der Waals surface area contributed by atoms with Crippen LogP contribution in [0.3, 0.4) is 0 Å². The number of ether oxygens (including phenoxy) is 1. The number of sulfonamides is 1. The summed E-state index contributed by atoms with van der Waals surface area (Å²) >= 11 is 0. The third-order valence-electron chi connectivity index (χ3n) is 6.63. The number of piperidine rings is 1. The monoisotopic (exact) mass is 604 g/mol. The largest absolute Gasteiger partial charge is 0.437 e. The van der Waals surface area contributed by atoms with Crippen molar-refractivity contribution in [1.82, 2.24) is 20.3 Å². The van der Waals surface area contributed by atoms with Crippen molar-refractivity contribution in [3.05, 3.63) is 66.2 Å². The molecule has 4 aromatic rings. The second-order valence-electron chi connectivity index (χ2n) is 9.60. The SMILES string of the molecule is Cc1ccc2c(NS(=O)(=O)CCCF)c(F)ccc2c1Oc1ncccc1-c1ccnc(NC2CCCNC2)n1.Cl. The van der Waals surface area contributed by atoms with Gasteiger partial charge in [-0.25, -0.2) is 27.8 Å². The summed E-state index contributed by atoms with van der Waals surface area (Å²) in [6.45, 7) is 2.88. The van der Waals surface area contributed by atoms with Crippen molar-refractivity contribution in [2.75, 3.05) is 35.6 Å². The van der Waals surface area contributed by atoms with Gasteiger partial charge in [0, 0.05) is 35.8 Å². The van der Waals surface area contributed by atoms with Crippen LogP contribution in [0.4, 0.5) is 20.4 Å². The molecule has 0 aliphatic carbocycles. The van der Waals surface area contributed by atoms with Crippen molar-refractivity contribution in [2.24, 2.45) is 0 Å². The van der Waals surface area contributed by atoms with Crippen LogP contribution >= 0.6 is 12.4 Å². The van der Waals surface area contributed by atoms with Gasteiger partial charge in [-0.2, -0.15) is 0 Å². The first-order valence-corrected chi connectivity index (χ1v) is 14.7. The average molecular weight is 605 g/mol. The number of hydrogen-bond acceptors (Lipinski definition) is 8. The van der Waals surface area contributed by atoms with Crippen molar-refractivity contribution < 1.29 is 21.9 Å². The highest BCUT2D eigenvalue weighted by atomic mass is 35.5. The fourth-order valence-corrected chi connectivity index (χ4v) is 5.76. The first kappa shape index (κ1) is 30.4. The molecule has 3 N–H and O–H groups in total. The van der Waals surface area contributed by atoms with Gasteiger partial charge in [0.1, 0.15) is 11.6 Å². The van der Waals surface area contributed by atoms with Crippen molar-refractivity contribution in [3.8, 4) is 22.9 Å². The van der Waals surface area contributed by atoms with Gasteiger partial charge in [0.15, 0.2) is 0 Å². The molecule has 218 valence electrons. The minimum absolute atomic E-state index is 0. The van der Waals surface area contributed by atoms with E-state index in [0.717, 1.165) is 31.5 Å². The molecule has 1 fully saturated rings. The third kappa shape index (κ3) is 7.19. The first-order chi connectivity index (χ1) is 19.3. The van der Waals surface area contributed by atoms with E-state index in [1.54, 1.807) is 36.7 Å². The molecular weight excluding hydrogens is 574 g/mol. The Morgan fingerprint density at radius 2 is 1.93 bits per heavy atom. The van der Waals surface area contributed by atoms with Gasteiger partial charge in [0.05, 0.1) is 29.4 Å². The molecule has 41 heavy (non-hydrogen) atoms. The lowest BCUT2D eigenvalue weighted by molar-refractivity contribution is 0.466. The molecule has 1 aliphatic rings. The predicted octanol–water partition coefficient (Wildman–Crippen LogP) is 5.62. The standard InChI is InChI=1S/C28H30F2N6O3S.ClH/c1-18-7-8-20-21(9-10-23(30)25(20)36-40(37,38)16-4-12-29)26(18)39-27-22(6-3-14-32-27)24-11-15-33-28(35-24)34-19-5-2-13-31-17-19;/h3,6-11,14-15,19,31,36H,2,4-5,12-13,16-17H2,1H3,(H,33,34,35);1H. The van der Waals surface area contributed by atoms with Gasteiger partial charge in [-0.15, -0.1) is 12.4 Å². The molecular formula is C28H31ClF2N6O3S. The van der Waals surface area contributed by atoms with Crippen LogP contribution in [0.25, 0.3) is 22.0 Å². The van der Waals surface area contributed by atoms with Gasteiger partial charge >= 0.3 is 0 Å². The van der Waals surface area contributed by atoms with E-state index < -0.39 is 28.3 Å². The Bertz CT molecular complexity index is 1620. The second kappa shape index (κ2) is 13.4. The maximum atomic E-state index is 14.8. The van der Waals surface area contributed by atoms with Crippen LogP contribution in [-0.2, 0) is 10.0 Å². The molecule has 0 spiro atoms. The van der Waals surface area contributed by atoms with Crippen molar-refractivity contribution in [1.29, 1.82) is 0 Å². The Labute approximate surface area is 243 Å². The molecule has 9 nitrogen and oxygen atoms in total. The van der Waals surface area contributed by atoms with Crippen molar-refractivity contribution in [3.63, 3.8) is 0 Å². The Morgan fingerprint density at radius 3 is 2.71 bits per heavy atom. The van der Waals surface area contributed by atoms with E-state index in [1.807, 2.05) is 13.0 Å². The minimum Gasteiger partial charge on any atom is -0.437 e. The number of rotatable bonds is 10. The third-order valence-corrected chi connectivity index (χ3v) is 7.97. The number of aromatic nitrogens is 3. The Morgan fingerprint density at radius 1 is 1.10 bits per heavy atom. The molecule has 0 amide bonds. The zero-order chi connectivity index (χ0) is 28.1. The molecule has 1 atom stereocenters. The van der Waals surface area contributed by atoms with E-state index in [0.29, 0.717) is 33.7 Å². The maximum Gasteiger partial charge on any atom is 0.232 e. The van der Waals surface area contributed by atoms with Gasteiger partial charge in [-0.3, -0.25) is 9.11 Å². The Kier molecular flexibility index (Phi) is 9.90. The van der Waals surface area contributed by atoms with Gasteiger partial charge in [0.2, 0.25) is 21.9 Å². The molecule has 1 unspecified atom stereocenters. The molecule has 1 saturated heterocycles. The summed E-state index contributed by atoms with van der Waals surface area (Å²) in [5.74, 6) is -0.0426. The van der Waals surface area contributed by atoms with Gasteiger partial charge in [0.25, 0.3) is 0 Å². The fraction of sp³-hybridized carbons (Fsp3) is 0.321. The number of halogens is 3. The highest BCUT2D eigenvalue weighted by Gasteiger charge is 2.20. The van der Waals surface area contributed by atoms with Crippen molar-refractivity contribution >= 4 is 44.8 Å². The van der Waals surface area contributed by atoms with Gasteiger partial charge in [-0.05, 0) is 68.6 Å². The molecule has 13 heteroatoms. The summed E-state index contributed by atoms with van der Waals surface area (Å²) in [7, 11) is -3.96. The Hall–Kier alpha value is -3.61. The molecule has 0 bridgehead atoms. The van der Waals surface area contributed by atoms with Gasteiger partial charge < -0.3 is 15.4 Å². The topological polar surface area (TPSA) is 118 Å². The number of pyridine rings is 1. The van der Waals surface area contributed by atoms with Crippen molar-refractivity contribution in [2.45, 2.75) is 32.2 Å². The van der Waals surface area contributed by atoms with Crippen LogP contribution in [0.1, 0.15) is 24.8 Å². The average Bonchev–Trinajstić information content (AvgIpc) is 2.96. The van der Waals surface area contributed by atoms with Crippen LogP contribution in [0, 0.1) is 12.7 Å². The molecule has 5 rings (SSSR count). The zero-order valence-corrected chi connectivity index (χ0v) is 24.0. The lowest BCUT2D eigenvalue weighted by Gasteiger charge is -2.23. The van der Waals surface area contributed by atoms with Crippen LogP contribution in [0.15, 0.2) is 54.9 Å². The molecule has 2 aromatic heterocycles. The molecule has 0 radical (unpaired) electrons. The van der Waals surface area contributed by atoms with Crippen LogP contribution in [-0.4, -0.2) is 54.9 Å². The van der Waals surface area contributed by atoms with E-state index in [-0.39, 0.29) is 36.4 Å². The summed E-state index contributed by atoms with van der Waals surface area (Å²) in [4.78, 5) is 13.5. The summed E-state index contributed by atoms with van der Waals surface area (Å²) in [5.41, 5.74) is 1.75. The summed E-state index contributed by atoms with van der Waals surface area (Å²) in [6.07, 6.45) is 5.18. The number of hydrogen-bond donors (Lipinski definition) is 3. The zero-order valence-electron chi connectivity index (χ0n) is 22.4. The minimum atomic E-state index is -3.96. The number of aryl methyl sites for hydroxylation is 1. The fourth-order valence-electron chi connectivity index (χ4n) is 4.65. The van der Waals surface area contributed by atoms with E-state index in [9.17, 15) is 17.2 Å². The maximum absolute atomic E-state index is 14.8. The van der Waals surface area contributed by atoms with E-state index in [1.165, 1.54) is 12.1 Å². The number of nitrogens with zero attached hydrogens (tertiary/aromatic N) is 3. The normalized spacial score (nSPS) is 15.2. The molecule has 2 aromatic carbocycles. The smallest absolute Gasteiger partial charge is 0.232 e. The Balaban J connectivity index is 0.00000387. The number of fused-ring (bicyclic) bond motifs is 1. The van der Waals surface area contributed by atoms with E-state index in [4.69, 9.17) is 9.72 Å². The van der Waals surface area contributed by atoms with Crippen LogP contribution in [0.5, 0.6) is 11.6 Å². The number of alkyl halides is 1. The highest BCUT2D eigenvalue weighted by molar-refractivity contribution is 7.92. The predicted molar refractivity (Wildman–Crippen MR) is 159 cm³/mol. The van der Waals surface area contributed by atoms with Crippen LogP contribution in [0.2, 0.25) is 0 Å². The first-order valence-electron chi connectivity index (χ1n) is 13.1. The number of benzene rings is 2. The van der Waals surface area contributed by atoms with Crippen LogP contribution < -0.4 is 20.1 Å². The summed E-state index contributed by atoms with van der Waals surface area (Å²) < 4.78 is 60.9. The summed E-state index contributed by atoms with van der Waals surface area (Å²) in [6, 6.07) is 11.6. The molecule has 3 heterocycles. The molecule has 0 saturated carbocycles. The lowest BCUT2D eigenvalue weighted by atomic mass is 10.0. The highest BCUT2D eigenvalue weighted by Crippen LogP contribution is 2.39. The number of anilines is 2. The van der Waals surface area contributed by atoms with E-state index >= 15 is 0 Å². The summed E-state index contributed by atoms with van der Waals surface area (Å²) in [5, 5.41) is 7.52.